The molecule has 0 unspecified atom stereocenters. The minimum absolute atomic E-state index is 0.128. The Bertz CT molecular complexity index is 359. The van der Waals surface area contributed by atoms with Crippen LogP contribution in [0.25, 0.3) is 0 Å². The molecule has 76 valence electrons. The second kappa shape index (κ2) is 4.51. The third kappa shape index (κ3) is 2.77. The number of thioether (sulfide) groups is 1. The van der Waals surface area contributed by atoms with Crippen LogP contribution in [0, 0.1) is 20.8 Å². The maximum Gasteiger partial charge on any atom is 0.313 e. The SMILES string of the molecule is Cc1cc(C)c(SCC(=O)O)cc1C. The van der Waals surface area contributed by atoms with Gasteiger partial charge in [-0.2, -0.15) is 0 Å². The number of hydrogen-bond acceptors (Lipinski definition) is 2. The fourth-order valence-corrected chi connectivity index (χ4v) is 2.05. The van der Waals surface area contributed by atoms with E-state index in [2.05, 4.69) is 19.1 Å². The first kappa shape index (κ1) is 11.1. The van der Waals surface area contributed by atoms with Gasteiger partial charge in [0.1, 0.15) is 0 Å². The number of carboxylic acid groups (broad SMARTS) is 1. The van der Waals surface area contributed by atoms with E-state index in [0.29, 0.717) is 0 Å². The van der Waals surface area contributed by atoms with E-state index in [1.165, 1.54) is 22.9 Å². The van der Waals surface area contributed by atoms with E-state index in [4.69, 9.17) is 5.11 Å². The van der Waals surface area contributed by atoms with Crippen LogP contribution in [-0.4, -0.2) is 16.8 Å². The quantitative estimate of drug-likeness (QED) is 0.779. The molecule has 0 fully saturated rings. The van der Waals surface area contributed by atoms with Crippen molar-refractivity contribution in [3.63, 3.8) is 0 Å². The fourth-order valence-electron chi connectivity index (χ4n) is 1.23. The highest BCUT2D eigenvalue weighted by molar-refractivity contribution is 8.00. The molecule has 0 atom stereocenters. The standard InChI is InChI=1S/C11H14O2S/c1-7-4-9(3)10(5-8(7)2)14-6-11(12)13/h4-5H,6H2,1-3H3,(H,12,13). The third-order valence-electron chi connectivity index (χ3n) is 2.14. The highest BCUT2D eigenvalue weighted by Gasteiger charge is 2.04. The van der Waals surface area contributed by atoms with Gasteiger partial charge in [0, 0.05) is 4.90 Å². The summed E-state index contributed by atoms with van der Waals surface area (Å²) in [7, 11) is 0. The number of hydrogen-bond donors (Lipinski definition) is 1. The van der Waals surface area contributed by atoms with E-state index in [9.17, 15) is 4.79 Å². The van der Waals surface area contributed by atoms with Crippen molar-refractivity contribution in [2.45, 2.75) is 25.7 Å². The highest BCUT2D eigenvalue weighted by Crippen LogP contribution is 2.25. The van der Waals surface area contributed by atoms with Gasteiger partial charge in [0.25, 0.3) is 0 Å². The molecular weight excluding hydrogens is 196 g/mol. The number of rotatable bonds is 3. The molecule has 1 N–H and O–H groups in total. The van der Waals surface area contributed by atoms with Gasteiger partial charge in [-0.05, 0) is 43.5 Å². The van der Waals surface area contributed by atoms with Crippen LogP contribution in [0.3, 0.4) is 0 Å². The van der Waals surface area contributed by atoms with Crippen molar-refractivity contribution in [2.24, 2.45) is 0 Å². The largest absolute Gasteiger partial charge is 0.481 e. The molecule has 0 aliphatic rings. The van der Waals surface area contributed by atoms with Crippen molar-refractivity contribution in [3.8, 4) is 0 Å². The van der Waals surface area contributed by atoms with E-state index in [-0.39, 0.29) is 5.75 Å². The molecule has 1 rings (SSSR count). The maximum absolute atomic E-state index is 10.4. The summed E-state index contributed by atoms with van der Waals surface area (Å²) in [6.45, 7) is 6.12. The lowest BCUT2D eigenvalue weighted by Gasteiger charge is -2.07. The highest BCUT2D eigenvalue weighted by atomic mass is 32.2. The molecule has 0 spiro atoms. The van der Waals surface area contributed by atoms with Crippen molar-refractivity contribution in [1.29, 1.82) is 0 Å². The molecule has 0 bridgehead atoms. The van der Waals surface area contributed by atoms with Gasteiger partial charge in [-0.25, -0.2) is 0 Å². The molecular formula is C11H14O2S. The summed E-state index contributed by atoms with van der Waals surface area (Å²) >= 11 is 1.38. The first-order valence-corrected chi connectivity index (χ1v) is 5.41. The Kier molecular flexibility index (Phi) is 3.58. The number of carbonyl (C=O) groups is 1. The zero-order chi connectivity index (χ0) is 10.7. The van der Waals surface area contributed by atoms with Gasteiger partial charge in [-0.3, -0.25) is 4.79 Å². The van der Waals surface area contributed by atoms with Crippen molar-refractivity contribution in [3.05, 3.63) is 28.8 Å². The van der Waals surface area contributed by atoms with Gasteiger partial charge in [-0.1, -0.05) is 6.07 Å². The minimum atomic E-state index is -0.771. The second-order valence-electron chi connectivity index (χ2n) is 3.38. The zero-order valence-corrected chi connectivity index (χ0v) is 9.44. The van der Waals surface area contributed by atoms with E-state index >= 15 is 0 Å². The van der Waals surface area contributed by atoms with Gasteiger partial charge in [0.15, 0.2) is 0 Å². The summed E-state index contributed by atoms with van der Waals surface area (Å²) in [5, 5.41) is 8.57. The van der Waals surface area contributed by atoms with Crippen LogP contribution >= 0.6 is 11.8 Å². The Morgan fingerprint density at radius 1 is 1.21 bits per heavy atom. The summed E-state index contributed by atoms with van der Waals surface area (Å²) < 4.78 is 0. The normalized spacial score (nSPS) is 10.2. The fraction of sp³-hybridized carbons (Fsp3) is 0.364. The van der Waals surface area contributed by atoms with E-state index in [1.54, 1.807) is 0 Å². The molecule has 14 heavy (non-hydrogen) atoms. The Morgan fingerprint density at radius 3 is 2.36 bits per heavy atom. The van der Waals surface area contributed by atoms with Crippen LogP contribution in [0.4, 0.5) is 0 Å². The van der Waals surface area contributed by atoms with E-state index in [1.807, 2.05) is 13.8 Å². The molecule has 0 amide bonds. The number of benzene rings is 1. The monoisotopic (exact) mass is 210 g/mol. The summed E-state index contributed by atoms with van der Waals surface area (Å²) in [5.41, 5.74) is 3.62. The van der Waals surface area contributed by atoms with Crippen LogP contribution in [-0.2, 0) is 4.79 Å². The molecule has 0 saturated carbocycles. The summed E-state index contributed by atoms with van der Waals surface area (Å²) in [4.78, 5) is 11.5. The molecule has 0 aromatic heterocycles. The molecule has 1 aromatic carbocycles. The molecule has 0 aliphatic heterocycles. The smallest absolute Gasteiger partial charge is 0.313 e. The topological polar surface area (TPSA) is 37.3 Å². The van der Waals surface area contributed by atoms with Crippen molar-refractivity contribution in [2.75, 3.05) is 5.75 Å². The van der Waals surface area contributed by atoms with Gasteiger partial charge >= 0.3 is 5.97 Å². The van der Waals surface area contributed by atoms with Crippen LogP contribution in [0.15, 0.2) is 17.0 Å². The Balaban J connectivity index is 2.87. The molecule has 3 heteroatoms. The Morgan fingerprint density at radius 2 is 1.79 bits per heavy atom. The molecule has 0 heterocycles. The molecule has 0 aliphatic carbocycles. The minimum Gasteiger partial charge on any atom is -0.481 e. The summed E-state index contributed by atoms with van der Waals surface area (Å²) in [6.07, 6.45) is 0. The van der Waals surface area contributed by atoms with E-state index in [0.717, 1.165) is 10.5 Å². The first-order valence-electron chi connectivity index (χ1n) is 4.43. The second-order valence-corrected chi connectivity index (χ2v) is 4.40. The molecule has 0 saturated heterocycles. The lowest BCUT2D eigenvalue weighted by atomic mass is 10.1. The third-order valence-corrected chi connectivity index (χ3v) is 3.28. The van der Waals surface area contributed by atoms with Crippen LogP contribution in [0.2, 0.25) is 0 Å². The van der Waals surface area contributed by atoms with E-state index < -0.39 is 5.97 Å². The summed E-state index contributed by atoms with van der Waals surface area (Å²) in [6, 6.07) is 4.15. The van der Waals surface area contributed by atoms with Crippen LogP contribution in [0.5, 0.6) is 0 Å². The van der Waals surface area contributed by atoms with Gasteiger partial charge in [0.2, 0.25) is 0 Å². The van der Waals surface area contributed by atoms with Gasteiger partial charge in [-0.15, -0.1) is 11.8 Å². The zero-order valence-electron chi connectivity index (χ0n) is 8.63. The molecule has 1 aromatic rings. The molecule has 0 radical (unpaired) electrons. The predicted octanol–water partition coefficient (Wildman–Crippen LogP) is 2.79. The predicted molar refractivity (Wildman–Crippen MR) is 59.0 cm³/mol. The van der Waals surface area contributed by atoms with Crippen molar-refractivity contribution in [1.82, 2.24) is 0 Å². The van der Waals surface area contributed by atoms with Crippen LogP contribution in [0.1, 0.15) is 16.7 Å². The first-order chi connectivity index (χ1) is 6.50. The van der Waals surface area contributed by atoms with Crippen molar-refractivity contribution >= 4 is 17.7 Å². The lowest BCUT2D eigenvalue weighted by molar-refractivity contribution is -0.133. The number of carboxylic acids is 1. The average Bonchev–Trinajstić information content (AvgIpc) is 2.09. The molecule has 2 nitrogen and oxygen atoms in total. The van der Waals surface area contributed by atoms with Gasteiger partial charge < -0.3 is 5.11 Å². The summed E-state index contributed by atoms with van der Waals surface area (Å²) in [5.74, 6) is -0.642. The Hall–Kier alpha value is -0.960. The Labute approximate surface area is 88.3 Å². The van der Waals surface area contributed by atoms with Gasteiger partial charge in [0.05, 0.1) is 5.75 Å². The lowest BCUT2D eigenvalue weighted by Crippen LogP contribution is -1.98. The number of aryl methyl sites for hydroxylation is 3. The average molecular weight is 210 g/mol. The maximum atomic E-state index is 10.4. The number of aliphatic carboxylic acids is 1. The van der Waals surface area contributed by atoms with Crippen LogP contribution < -0.4 is 0 Å². The van der Waals surface area contributed by atoms with Crippen molar-refractivity contribution < 1.29 is 9.90 Å².